The van der Waals surface area contributed by atoms with Gasteiger partial charge in [0, 0.05) is 13.0 Å². The number of allylic oxidation sites excluding steroid dienone is 1. The topological polar surface area (TPSA) is 44.8 Å². The van der Waals surface area contributed by atoms with Crippen LogP contribution in [0.3, 0.4) is 0 Å². The van der Waals surface area contributed by atoms with E-state index < -0.39 is 0 Å². The van der Waals surface area contributed by atoms with Crippen LogP contribution in [0.5, 0.6) is 0 Å². The largest absolute Gasteiger partial charge is 0.461 e. The summed E-state index contributed by atoms with van der Waals surface area (Å²) < 4.78 is 17.3. The van der Waals surface area contributed by atoms with E-state index in [1.807, 2.05) is 6.08 Å². The van der Waals surface area contributed by atoms with Gasteiger partial charge in [-0.25, -0.2) is 0 Å². The van der Waals surface area contributed by atoms with Crippen molar-refractivity contribution in [2.45, 2.75) is 96.1 Å². The number of carbonyl (C=O) groups is 1. The average molecular weight is 338 g/mol. The van der Waals surface area contributed by atoms with Gasteiger partial charge < -0.3 is 14.2 Å². The zero-order valence-electron chi connectivity index (χ0n) is 15.2. The maximum absolute atomic E-state index is 11.8. The SMILES string of the molecule is C=CCCC(C[C@@H]1OC(=O)[C@H]1CCCCCC)OC1CCCCO1. The normalized spacial score (nSPS) is 28.0. The number of esters is 1. The summed E-state index contributed by atoms with van der Waals surface area (Å²) in [5.74, 6) is 0.0526. The highest BCUT2D eigenvalue weighted by Crippen LogP contribution is 2.33. The van der Waals surface area contributed by atoms with Crippen LogP contribution in [0.1, 0.15) is 77.6 Å². The van der Waals surface area contributed by atoms with Gasteiger partial charge in [-0.05, 0) is 38.5 Å². The minimum absolute atomic E-state index is 0.0205. The predicted molar refractivity (Wildman–Crippen MR) is 94.6 cm³/mol. The zero-order chi connectivity index (χ0) is 17.2. The van der Waals surface area contributed by atoms with Crippen LogP contribution in [0, 0.1) is 5.92 Å². The molecule has 2 aliphatic rings. The molecule has 2 aliphatic heterocycles. The minimum atomic E-state index is -0.0904. The van der Waals surface area contributed by atoms with Crippen LogP contribution >= 0.6 is 0 Å². The van der Waals surface area contributed by atoms with Crippen LogP contribution in [-0.4, -0.2) is 31.1 Å². The molecule has 0 radical (unpaired) electrons. The summed E-state index contributed by atoms with van der Waals surface area (Å²) in [6.07, 6.45) is 13.6. The van der Waals surface area contributed by atoms with Gasteiger partial charge >= 0.3 is 5.97 Å². The van der Waals surface area contributed by atoms with Crippen molar-refractivity contribution >= 4 is 5.97 Å². The molecule has 0 bridgehead atoms. The van der Waals surface area contributed by atoms with E-state index in [2.05, 4.69) is 13.5 Å². The molecule has 2 fully saturated rings. The quantitative estimate of drug-likeness (QED) is 0.292. The van der Waals surface area contributed by atoms with Gasteiger partial charge in [0.15, 0.2) is 6.29 Å². The van der Waals surface area contributed by atoms with E-state index in [0.29, 0.717) is 0 Å². The molecule has 0 saturated carbocycles. The Hall–Kier alpha value is -0.870. The molecular formula is C20H34O4. The highest BCUT2D eigenvalue weighted by Gasteiger charge is 2.43. The Labute approximate surface area is 146 Å². The number of rotatable bonds is 12. The van der Waals surface area contributed by atoms with E-state index in [1.54, 1.807) is 0 Å². The van der Waals surface area contributed by atoms with Crippen molar-refractivity contribution in [3.8, 4) is 0 Å². The van der Waals surface area contributed by atoms with Gasteiger partial charge in [-0.2, -0.15) is 0 Å². The number of unbranched alkanes of at least 4 members (excludes halogenated alkanes) is 3. The second-order valence-electron chi connectivity index (χ2n) is 7.09. The average Bonchev–Trinajstić information content (AvgIpc) is 2.59. The first-order chi connectivity index (χ1) is 11.7. The molecule has 4 heteroatoms. The Morgan fingerprint density at radius 2 is 2.21 bits per heavy atom. The van der Waals surface area contributed by atoms with Crippen LogP contribution < -0.4 is 0 Å². The summed E-state index contributed by atoms with van der Waals surface area (Å²) in [7, 11) is 0. The monoisotopic (exact) mass is 338 g/mol. The Morgan fingerprint density at radius 1 is 1.33 bits per heavy atom. The van der Waals surface area contributed by atoms with Gasteiger partial charge in [0.25, 0.3) is 0 Å². The van der Waals surface area contributed by atoms with Gasteiger partial charge in [0.1, 0.15) is 6.10 Å². The molecule has 0 aromatic heterocycles. The van der Waals surface area contributed by atoms with Gasteiger partial charge in [0.2, 0.25) is 0 Å². The smallest absolute Gasteiger partial charge is 0.313 e. The molecule has 0 aromatic rings. The molecule has 2 saturated heterocycles. The number of ether oxygens (including phenoxy) is 3. The highest BCUT2D eigenvalue weighted by atomic mass is 16.7. The van der Waals surface area contributed by atoms with Gasteiger partial charge in [-0.1, -0.05) is 38.7 Å². The van der Waals surface area contributed by atoms with E-state index >= 15 is 0 Å². The van der Waals surface area contributed by atoms with Crippen molar-refractivity contribution in [2.24, 2.45) is 5.92 Å². The molecule has 2 rings (SSSR count). The molecule has 0 aliphatic carbocycles. The summed E-state index contributed by atoms with van der Waals surface area (Å²) in [5.41, 5.74) is 0. The maximum Gasteiger partial charge on any atom is 0.313 e. The van der Waals surface area contributed by atoms with E-state index in [9.17, 15) is 4.79 Å². The fourth-order valence-corrected chi connectivity index (χ4v) is 3.54. The fraction of sp³-hybridized carbons (Fsp3) is 0.850. The Kier molecular flexibility index (Phi) is 8.82. The predicted octanol–water partition coefficient (Wildman–Crippen LogP) is 4.77. The molecule has 24 heavy (non-hydrogen) atoms. The molecule has 4 atom stereocenters. The third-order valence-electron chi connectivity index (χ3n) is 5.06. The maximum atomic E-state index is 11.8. The van der Waals surface area contributed by atoms with E-state index in [1.165, 1.54) is 19.3 Å². The molecule has 0 amide bonds. The summed E-state index contributed by atoms with van der Waals surface area (Å²) in [5, 5.41) is 0. The highest BCUT2D eigenvalue weighted by molar-refractivity contribution is 5.78. The lowest BCUT2D eigenvalue weighted by Gasteiger charge is -2.38. The van der Waals surface area contributed by atoms with Crippen LogP contribution in [-0.2, 0) is 19.0 Å². The van der Waals surface area contributed by atoms with Crippen LogP contribution in [0.2, 0.25) is 0 Å². The van der Waals surface area contributed by atoms with Gasteiger partial charge in [-0.15, -0.1) is 6.58 Å². The third kappa shape index (κ3) is 6.21. The Bertz CT molecular complexity index is 376. The van der Waals surface area contributed by atoms with Crippen molar-refractivity contribution in [3.05, 3.63) is 12.7 Å². The zero-order valence-corrected chi connectivity index (χ0v) is 15.2. The van der Waals surface area contributed by atoms with E-state index in [0.717, 1.165) is 58.0 Å². The van der Waals surface area contributed by atoms with Gasteiger partial charge in [-0.3, -0.25) is 4.79 Å². The fourth-order valence-electron chi connectivity index (χ4n) is 3.54. The first-order valence-corrected chi connectivity index (χ1v) is 9.83. The summed E-state index contributed by atoms with van der Waals surface area (Å²) in [6, 6.07) is 0. The molecule has 0 N–H and O–H groups in total. The number of carbonyl (C=O) groups excluding carboxylic acids is 1. The number of hydrogen-bond donors (Lipinski definition) is 0. The van der Waals surface area contributed by atoms with Crippen LogP contribution in [0.25, 0.3) is 0 Å². The molecular weight excluding hydrogens is 304 g/mol. The van der Waals surface area contributed by atoms with Crippen molar-refractivity contribution in [1.82, 2.24) is 0 Å². The number of hydrogen-bond acceptors (Lipinski definition) is 4. The van der Waals surface area contributed by atoms with Crippen LogP contribution in [0.4, 0.5) is 0 Å². The van der Waals surface area contributed by atoms with E-state index in [-0.39, 0.29) is 30.4 Å². The molecule has 138 valence electrons. The van der Waals surface area contributed by atoms with Crippen molar-refractivity contribution in [2.75, 3.05) is 6.61 Å². The lowest BCUT2D eigenvalue weighted by atomic mass is 9.86. The van der Waals surface area contributed by atoms with Crippen LogP contribution in [0.15, 0.2) is 12.7 Å². The molecule has 2 heterocycles. The van der Waals surface area contributed by atoms with Crippen molar-refractivity contribution in [1.29, 1.82) is 0 Å². The third-order valence-corrected chi connectivity index (χ3v) is 5.06. The standard InChI is InChI=1S/C20H34O4/c1-3-5-7-8-12-17-18(24-20(17)21)15-16(11-6-4-2)23-19-13-9-10-14-22-19/h4,16-19H,2-3,5-15H2,1H3/t16?,17-,18-,19?/m0/s1. The van der Waals surface area contributed by atoms with Crippen molar-refractivity contribution in [3.63, 3.8) is 0 Å². The minimum Gasteiger partial charge on any atom is -0.461 e. The lowest BCUT2D eigenvalue weighted by Crippen LogP contribution is -2.47. The number of cyclic esters (lactones) is 1. The van der Waals surface area contributed by atoms with E-state index in [4.69, 9.17) is 14.2 Å². The lowest BCUT2D eigenvalue weighted by molar-refractivity contribution is -0.210. The second-order valence-corrected chi connectivity index (χ2v) is 7.09. The Morgan fingerprint density at radius 3 is 2.88 bits per heavy atom. The molecule has 2 unspecified atom stereocenters. The second kappa shape index (κ2) is 10.9. The first-order valence-electron chi connectivity index (χ1n) is 9.83. The molecule has 0 spiro atoms. The van der Waals surface area contributed by atoms with Crippen molar-refractivity contribution < 1.29 is 19.0 Å². The molecule has 4 nitrogen and oxygen atoms in total. The van der Waals surface area contributed by atoms with Gasteiger partial charge in [0.05, 0.1) is 12.0 Å². The summed E-state index contributed by atoms with van der Waals surface area (Å²) in [4.78, 5) is 11.8. The Balaban J connectivity index is 1.78. The summed E-state index contributed by atoms with van der Waals surface area (Å²) >= 11 is 0. The molecule has 0 aromatic carbocycles. The first kappa shape index (κ1) is 19.5. The summed E-state index contributed by atoms with van der Waals surface area (Å²) in [6.45, 7) is 6.80.